The zero-order chi connectivity index (χ0) is 25.2. The van der Waals surface area contributed by atoms with Crippen LogP contribution in [-0.4, -0.2) is 16.0 Å². The maximum atomic E-state index is 13.0. The van der Waals surface area contributed by atoms with Crippen LogP contribution in [0.3, 0.4) is 0 Å². The molecule has 0 unspecified atom stereocenters. The van der Waals surface area contributed by atoms with Gasteiger partial charge in [0.1, 0.15) is 12.4 Å². The van der Waals surface area contributed by atoms with E-state index in [4.69, 9.17) is 4.74 Å². The highest BCUT2D eigenvalue weighted by Gasteiger charge is 2.35. The monoisotopic (exact) mass is 685 g/mol. The van der Waals surface area contributed by atoms with E-state index in [2.05, 4.69) is 72.1 Å². The van der Waals surface area contributed by atoms with Gasteiger partial charge in [0.05, 0.1) is 20.4 Å². The smallest absolute Gasteiger partial charge is 0.293 e. The lowest BCUT2D eigenvalue weighted by atomic mass is 10.1. The summed E-state index contributed by atoms with van der Waals surface area (Å²) in [7, 11) is 0. The van der Waals surface area contributed by atoms with E-state index in [-0.39, 0.29) is 17.7 Å². The maximum Gasteiger partial charge on any atom is 0.293 e. The zero-order valence-electron chi connectivity index (χ0n) is 18.7. The molecule has 0 atom stereocenters. The van der Waals surface area contributed by atoms with Crippen LogP contribution in [0.25, 0.3) is 16.8 Å². The number of rotatable bonds is 6. The minimum absolute atomic E-state index is 0.220. The van der Waals surface area contributed by atoms with Gasteiger partial charge in [-0.15, -0.1) is 0 Å². The van der Waals surface area contributed by atoms with E-state index >= 15 is 0 Å². The molecule has 0 aliphatic carbocycles. The van der Waals surface area contributed by atoms with Crippen LogP contribution in [0.5, 0.6) is 5.75 Å². The summed E-state index contributed by atoms with van der Waals surface area (Å²) in [5.41, 5.74) is 2.74. The SMILES string of the molecule is O=C1S/C(=C\c2cc(Br)c(OCc3cccc4ccccc34)c(Br)c2)C(=O)N1Cc1ccccc1Br. The fourth-order valence-electron chi connectivity index (χ4n) is 3.95. The number of amides is 2. The molecule has 36 heavy (non-hydrogen) atoms. The third kappa shape index (κ3) is 5.32. The molecule has 5 rings (SSSR count). The van der Waals surface area contributed by atoms with E-state index < -0.39 is 0 Å². The summed E-state index contributed by atoms with van der Waals surface area (Å²) in [6, 6.07) is 25.7. The summed E-state index contributed by atoms with van der Waals surface area (Å²) in [5, 5.41) is 2.04. The number of nitrogens with zero attached hydrogens (tertiary/aromatic N) is 1. The first-order valence-electron chi connectivity index (χ1n) is 11.0. The van der Waals surface area contributed by atoms with Crippen molar-refractivity contribution in [3.05, 3.63) is 114 Å². The zero-order valence-corrected chi connectivity index (χ0v) is 24.3. The normalized spacial score (nSPS) is 14.8. The highest BCUT2D eigenvalue weighted by Crippen LogP contribution is 2.39. The summed E-state index contributed by atoms with van der Waals surface area (Å²) in [5.74, 6) is 0.367. The molecular formula is C28H18Br3NO3S. The maximum absolute atomic E-state index is 13.0. The number of fused-ring (bicyclic) bond motifs is 1. The van der Waals surface area contributed by atoms with Crippen molar-refractivity contribution in [3.8, 4) is 5.75 Å². The Morgan fingerprint density at radius 1 is 0.806 bits per heavy atom. The number of carbonyl (C=O) groups is 2. The second-order valence-corrected chi connectivity index (χ2v) is 11.7. The topological polar surface area (TPSA) is 46.6 Å². The molecule has 0 bridgehead atoms. The van der Waals surface area contributed by atoms with E-state index in [1.165, 1.54) is 10.3 Å². The summed E-state index contributed by atoms with van der Waals surface area (Å²) in [6.07, 6.45) is 1.73. The number of ether oxygens (including phenoxy) is 1. The van der Waals surface area contributed by atoms with E-state index in [1.807, 2.05) is 54.6 Å². The Morgan fingerprint density at radius 3 is 2.25 bits per heavy atom. The van der Waals surface area contributed by atoms with Crippen molar-refractivity contribution in [1.29, 1.82) is 0 Å². The third-order valence-electron chi connectivity index (χ3n) is 5.73. The van der Waals surface area contributed by atoms with Crippen LogP contribution >= 0.6 is 59.6 Å². The Balaban J connectivity index is 1.34. The number of benzene rings is 4. The van der Waals surface area contributed by atoms with Crippen LogP contribution in [0.4, 0.5) is 4.79 Å². The van der Waals surface area contributed by atoms with Crippen LogP contribution in [0.1, 0.15) is 16.7 Å². The largest absolute Gasteiger partial charge is 0.487 e. The van der Waals surface area contributed by atoms with Gasteiger partial charge >= 0.3 is 0 Å². The molecule has 4 aromatic carbocycles. The van der Waals surface area contributed by atoms with Gasteiger partial charge in [-0.1, -0.05) is 76.6 Å². The molecule has 1 saturated heterocycles. The van der Waals surface area contributed by atoms with Gasteiger partial charge in [0, 0.05) is 4.47 Å². The summed E-state index contributed by atoms with van der Waals surface area (Å²) in [4.78, 5) is 27.2. The first-order chi connectivity index (χ1) is 17.4. The molecule has 4 aromatic rings. The predicted octanol–water partition coefficient (Wildman–Crippen LogP) is 8.94. The molecule has 0 saturated carbocycles. The predicted molar refractivity (Wildman–Crippen MR) is 156 cm³/mol. The van der Waals surface area contributed by atoms with Gasteiger partial charge in [-0.3, -0.25) is 14.5 Å². The van der Waals surface area contributed by atoms with Crippen LogP contribution in [0.2, 0.25) is 0 Å². The van der Waals surface area contributed by atoms with Gasteiger partial charge in [0.15, 0.2) is 0 Å². The average molecular weight is 688 g/mol. The lowest BCUT2D eigenvalue weighted by Crippen LogP contribution is -2.27. The van der Waals surface area contributed by atoms with Crippen molar-refractivity contribution in [2.24, 2.45) is 0 Å². The van der Waals surface area contributed by atoms with E-state index in [0.29, 0.717) is 17.3 Å². The number of thioether (sulfide) groups is 1. The summed E-state index contributed by atoms with van der Waals surface area (Å²) < 4.78 is 8.52. The highest BCUT2D eigenvalue weighted by molar-refractivity contribution is 9.11. The molecule has 1 aliphatic heterocycles. The summed E-state index contributed by atoms with van der Waals surface area (Å²) >= 11 is 11.6. The number of halogens is 3. The lowest BCUT2D eigenvalue weighted by molar-refractivity contribution is -0.123. The molecule has 0 spiro atoms. The van der Waals surface area contributed by atoms with Crippen molar-refractivity contribution in [1.82, 2.24) is 4.90 Å². The van der Waals surface area contributed by atoms with Gasteiger partial charge in [0.2, 0.25) is 0 Å². The molecule has 1 fully saturated rings. The molecule has 180 valence electrons. The second-order valence-electron chi connectivity index (χ2n) is 8.10. The van der Waals surface area contributed by atoms with Crippen LogP contribution in [0, 0.1) is 0 Å². The van der Waals surface area contributed by atoms with Crippen molar-refractivity contribution >= 4 is 87.5 Å². The van der Waals surface area contributed by atoms with Gasteiger partial charge in [-0.2, -0.15) is 0 Å². The second kappa shape index (κ2) is 10.9. The van der Waals surface area contributed by atoms with Gasteiger partial charge in [-0.25, -0.2) is 0 Å². The highest BCUT2D eigenvalue weighted by atomic mass is 79.9. The molecule has 0 radical (unpaired) electrons. The fourth-order valence-corrected chi connectivity index (χ4v) is 6.65. The van der Waals surface area contributed by atoms with Crippen molar-refractivity contribution in [3.63, 3.8) is 0 Å². The van der Waals surface area contributed by atoms with Gasteiger partial charge in [-0.05, 0) is 95.4 Å². The molecular weight excluding hydrogens is 670 g/mol. The first-order valence-corrected chi connectivity index (χ1v) is 14.2. The van der Waals surface area contributed by atoms with E-state index in [1.54, 1.807) is 6.08 Å². The van der Waals surface area contributed by atoms with Crippen molar-refractivity contribution < 1.29 is 14.3 Å². The van der Waals surface area contributed by atoms with Crippen molar-refractivity contribution in [2.45, 2.75) is 13.2 Å². The van der Waals surface area contributed by atoms with E-state index in [0.717, 1.165) is 47.3 Å². The average Bonchev–Trinajstić information content (AvgIpc) is 3.12. The fraction of sp³-hybridized carbons (Fsp3) is 0.0714. The molecule has 0 N–H and O–H groups in total. The Bertz CT molecular complexity index is 1510. The number of hydrogen-bond acceptors (Lipinski definition) is 4. The third-order valence-corrected chi connectivity index (χ3v) is 8.59. The van der Waals surface area contributed by atoms with Crippen LogP contribution < -0.4 is 4.74 Å². The molecule has 1 heterocycles. The van der Waals surface area contributed by atoms with Crippen LogP contribution in [-0.2, 0) is 17.9 Å². The standard InChI is InChI=1S/C28H18Br3NO3S/c29-22-11-4-2-7-19(22)15-32-27(33)25(36-28(32)34)14-17-12-23(30)26(24(31)13-17)35-16-20-9-5-8-18-6-1-3-10-21(18)20/h1-14H,15-16H2/b25-14-. The van der Waals surface area contributed by atoms with Crippen molar-refractivity contribution in [2.75, 3.05) is 0 Å². The molecule has 4 nitrogen and oxygen atoms in total. The number of hydrogen-bond donors (Lipinski definition) is 0. The van der Waals surface area contributed by atoms with Gasteiger partial charge < -0.3 is 4.74 Å². The van der Waals surface area contributed by atoms with E-state index in [9.17, 15) is 9.59 Å². The molecule has 2 amide bonds. The number of carbonyl (C=O) groups excluding carboxylic acids is 2. The quantitative estimate of drug-likeness (QED) is 0.190. The molecule has 0 aromatic heterocycles. The van der Waals surface area contributed by atoms with Crippen LogP contribution in [0.15, 0.2) is 97.2 Å². The lowest BCUT2D eigenvalue weighted by Gasteiger charge is -2.14. The Morgan fingerprint density at radius 2 is 1.47 bits per heavy atom. The minimum atomic E-state index is -0.302. The Labute approximate surface area is 238 Å². The van der Waals surface area contributed by atoms with Gasteiger partial charge in [0.25, 0.3) is 11.1 Å². The molecule has 8 heteroatoms. The molecule has 1 aliphatic rings. The Hall–Kier alpha value is -2.39. The minimum Gasteiger partial charge on any atom is -0.487 e. The first kappa shape index (κ1) is 25.3. The number of imide groups is 1. The Kier molecular flexibility index (Phi) is 7.67. The summed E-state index contributed by atoms with van der Waals surface area (Å²) in [6.45, 7) is 0.629.